The first-order valence-electron chi connectivity index (χ1n) is 4.88. The van der Waals surface area contributed by atoms with Crippen LogP contribution in [-0.2, 0) is 11.3 Å². The number of rotatable bonds is 4. The van der Waals surface area contributed by atoms with Crippen molar-refractivity contribution in [1.29, 1.82) is 0 Å². The summed E-state index contributed by atoms with van der Waals surface area (Å²) in [7, 11) is 1.65. The van der Waals surface area contributed by atoms with Crippen LogP contribution >= 0.6 is 23.6 Å². The first-order valence-corrected chi connectivity index (χ1v) is 6.11. The molecule has 0 saturated carbocycles. The van der Waals surface area contributed by atoms with Crippen molar-refractivity contribution >= 4 is 33.9 Å². The molecule has 0 bridgehead atoms. The second kappa shape index (κ2) is 4.90. The SMILES string of the molecule is CCOc1c(COC)cnc2[nH]c(=S)sc12. The van der Waals surface area contributed by atoms with Crippen LogP contribution in [0.5, 0.6) is 5.75 Å². The van der Waals surface area contributed by atoms with E-state index >= 15 is 0 Å². The van der Waals surface area contributed by atoms with Crippen LogP contribution in [0.2, 0.25) is 0 Å². The van der Waals surface area contributed by atoms with E-state index in [1.165, 1.54) is 11.3 Å². The Bertz CT molecular complexity index is 547. The zero-order valence-electron chi connectivity index (χ0n) is 9.07. The third kappa shape index (κ3) is 2.09. The summed E-state index contributed by atoms with van der Waals surface area (Å²) in [5, 5.41) is 0. The molecule has 1 N–H and O–H groups in total. The van der Waals surface area contributed by atoms with Gasteiger partial charge >= 0.3 is 0 Å². The van der Waals surface area contributed by atoms with Crippen molar-refractivity contribution in [3.63, 3.8) is 0 Å². The van der Waals surface area contributed by atoms with Crippen LogP contribution in [0.15, 0.2) is 6.20 Å². The molecule has 0 radical (unpaired) electrons. The molecule has 0 atom stereocenters. The van der Waals surface area contributed by atoms with Gasteiger partial charge in [0.2, 0.25) is 0 Å². The molecule has 2 rings (SSSR count). The van der Waals surface area contributed by atoms with Crippen molar-refractivity contribution in [2.75, 3.05) is 13.7 Å². The summed E-state index contributed by atoms with van der Waals surface area (Å²) in [6, 6.07) is 0. The highest BCUT2D eigenvalue weighted by atomic mass is 32.1. The predicted molar refractivity (Wildman–Crippen MR) is 66.7 cm³/mol. The molecule has 0 aliphatic carbocycles. The van der Waals surface area contributed by atoms with E-state index in [2.05, 4.69) is 9.97 Å². The molecule has 2 aromatic rings. The van der Waals surface area contributed by atoms with Gasteiger partial charge in [0, 0.05) is 18.9 Å². The first kappa shape index (κ1) is 11.5. The molecule has 0 aromatic carbocycles. The molecule has 0 saturated heterocycles. The summed E-state index contributed by atoms with van der Waals surface area (Å²) < 4.78 is 12.4. The number of methoxy groups -OCH3 is 1. The Labute approximate surface area is 102 Å². The van der Waals surface area contributed by atoms with E-state index in [1.807, 2.05) is 6.92 Å². The Hall–Kier alpha value is -0.980. The Morgan fingerprint density at radius 2 is 2.38 bits per heavy atom. The summed E-state index contributed by atoms with van der Waals surface area (Å²) >= 11 is 6.58. The number of aromatic nitrogens is 2. The van der Waals surface area contributed by atoms with E-state index in [-0.39, 0.29) is 0 Å². The van der Waals surface area contributed by atoms with E-state index in [0.717, 1.165) is 21.7 Å². The van der Waals surface area contributed by atoms with Crippen LogP contribution in [-0.4, -0.2) is 23.7 Å². The summed E-state index contributed by atoms with van der Waals surface area (Å²) in [6.07, 6.45) is 1.76. The van der Waals surface area contributed by atoms with Gasteiger partial charge in [-0.1, -0.05) is 11.3 Å². The van der Waals surface area contributed by atoms with Crippen LogP contribution in [0, 0.1) is 3.95 Å². The van der Waals surface area contributed by atoms with Crippen molar-refractivity contribution in [2.24, 2.45) is 0 Å². The molecule has 0 fully saturated rings. The number of thiazole rings is 1. The Morgan fingerprint density at radius 1 is 1.56 bits per heavy atom. The van der Waals surface area contributed by atoms with Crippen molar-refractivity contribution in [2.45, 2.75) is 13.5 Å². The summed E-state index contributed by atoms with van der Waals surface area (Å²) in [5.74, 6) is 0.826. The zero-order chi connectivity index (χ0) is 11.5. The molecule has 2 heterocycles. The summed E-state index contributed by atoms with van der Waals surface area (Å²) in [6.45, 7) is 3.05. The fourth-order valence-electron chi connectivity index (χ4n) is 1.47. The normalized spacial score (nSPS) is 10.9. The van der Waals surface area contributed by atoms with Gasteiger partial charge in [-0.2, -0.15) is 0 Å². The molecule has 0 unspecified atom stereocenters. The number of nitrogens with one attached hydrogen (secondary N) is 1. The Morgan fingerprint density at radius 3 is 3.06 bits per heavy atom. The van der Waals surface area contributed by atoms with Crippen LogP contribution < -0.4 is 4.74 Å². The summed E-state index contributed by atoms with van der Waals surface area (Å²) in [4.78, 5) is 7.32. The lowest BCUT2D eigenvalue weighted by Crippen LogP contribution is -1.99. The van der Waals surface area contributed by atoms with Crippen molar-refractivity contribution in [3.8, 4) is 5.75 Å². The maximum atomic E-state index is 5.64. The molecule has 6 heteroatoms. The van der Waals surface area contributed by atoms with Crippen molar-refractivity contribution < 1.29 is 9.47 Å². The molecule has 0 amide bonds. The second-order valence-corrected chi connectivity index (χ2v) is 4.86. The van der Waals surface area contributed by atoms with E-state index in [1.54, 1.807) is 13.3 Å². The lowest BCUT2D eigenvalue weighted by atomic mass is 10.2. The molecule has 16 heavy (non-hydrogen) atoms. The minimum absolute atomic E-state index is 0.489. The number of aromatic amines is 1. The van der Waals surface area contributed by atoms with Crippen LogP contribution in [0.25, 0.3) is 10.3 Å². The first-order chi connectivity index (χ1) is 7.76. The van der Waals surface area contributed by atoms with Gasteiger partial charge in [-0.25, -0.2) is 4.98 Å². The van der Waals surface area contributed by atoms with E-state index < -0.39 is 0 Å². The van der Waals surface area contributed by atoms with Crippen LogP contribution in [0.3, 0.4) is 0 Å². The number of hydrogen-bond donors (Lipinski definition) is 1. The van der Waals surface area contributed by atoms with Gasteiger partial charge in [0.25, 0.3) is 0 Å². The lowest BCUT2D eigenvalue weighted by molar-refractivity contribution is 0.180. The van der Waals surface area contributed by atoms with Crippen molar-refractivity contribution in [1.82, 2.24) is 9.97 Å². The third-order valence-electron chi connectivity index (χ3n) is 2.07. The predicted octanol–water partition coefficient (Wildman–Crippen LogP) is 2.90. The number of ether oxygens (including phenoxy) is 2. The number of nitrogens with zero attached hydrogens (tertiary/aromatic N) is 1. The molecule has 0 aliphatic rings. The highest BCUT2D eigenvalue weighted by Gasteiger charge is 2.12. The number of H-pyrrole nitrogens is 1. The molecular formula is C10H12N2O2S2. The highest BCUT2D eigenvalue weighted by molar-refractivity contribution is 7.73. The largest absolute Gasteiger partial charge is 0.492 e. The van der Waals surface area contributed by atoms with Gasteiger partial charge in [0.1, 0.15) is 10.4 Å². The maximum absolute atomic E-state index is 5.64. The monoisotopic (exact) mass is 256 g/mol. The fraction of sp³-hybridized carbons (Fsp3) is 0.400. The number of pyridine rings is 1. The minimum atomic E-state index is 0.489. The molecule has 86 valence electrons. The van der Waals surface area contributed by atoms with Crippen LogP contribution in [0.4, 0.5) is 0 Å². The van der Waals surface area contributed by atoms with Gasteiger partial charge in [-0.3, -0.25) is 0 Å². The van der Waals surface area contributed by atoms with Crippen molar-refractivity contribution in [3.05, 3.63) is 15.7 Å². The Balaban J connectivity index is 2.62. The lowest BCUT2D eigenvalue weighted by Gasteiger charge is -2.09. The van der Waals surface area contributed by atoms with E-state index in [4.69, 9.17) is 21.7 Å². The molecule has 2 aromatic heterocycles. The second-order valence-electron chi connectivity index (χ2n) is 3.17. The standard InChI is InChI=1S/C10H12N2O2S2/c1-3-14-7-6(5-13-2)4-11-9-8(7)16-10(15)12-9/h4H,3,5H2,1-2H3,(H,11,12,15). The van der Waals surface area contributed by atoms with E-state index in [9.17, 15) is 0 Å². The molecule has 4 nitrogen and oxygen atoms in total. The van der Waals surface area contributed by atoms with Gasteiger partial charge in [0.15, 0.2) is 9.60 Å². The quantitative estimate of drug-likeness (QED) is 0.854. The molecular weight excluding hydrogens is 244 g/mol. The average Bonchev–Trinajstić information content (AvgIpc) is 2.63. The molecule has 0 aliphatic heterocycles. The summed E-state index contributed by atoms with van der Waals surface area (Å²) in [5.41, 5.74) is 1.72. The zero-order valence-corrected chi connectivity index (χ0v) is 10.7. The minimum Gasteiger partial charge on any atom is -0.492 e. The van der Waals surface area contributed by atoms with Gasteiger partial charge in [-0.15, -0.1) is 0 Å². The van der Waals surface area contributed by atoms with Gasteiger partial charge in [-0.05, 0) is 19.1 Å². The Kier molecular flexibility index (Phi) is 3.52. The smallest absolute Gasteiger partial charge is 0.160 e. The molecule has 0 spiro atoms. The van der Waals surface area contributed by atoms with Crippen LogP contribution in [0.1, 0.15) is 12.5 Å². The number of hydrogen-bond acceptors (Lipinski definition) is 5. The average molecular weight is 256 g/mol. The number of fused-ring (bicyclic) bond motifs is 1. The van der Waals surface area contributed by atoms with Gasteiger partial charge < -0.3 is 14.5 Å². The maximum Gasteiger partial charge on any atom is 0.160 e. The highest BCUT2D eigenvalue weighted by Crippen LogP contribution is 2.32. The van der Waals surface area contributed by atoms with Gasteiger partial charge in [0.05, 0.1) is 13.2 Å². The topological polar surface area (TPSA) is 47.1 Å². The van der Waals surface area contributed by atoms with E-state index in [0.29, 0.717) is 17.2 Å². The third-order valence-corrected chi connectivity index (χ3v) is 3.29. The fourth-order valence-corrected chi connectivity index (χ4v) is 2.64.